The molecule has 0 spiro atoms. The maximum atomic E-state index is 6.03. The summed E-state index contributed by atoms with van der Waals surface area (Å²) in [5.41, 5.74) is 8.14. The number of ether oxygens (including phenoxy) is 1. The van der Waals surface area contributed by atoms with E-state index in [0.29, 0.717) is 18.8 Å². The van der Waals surface area contributed by atoms with Gasteiger partial charge in [0.05, 0.1) is 18.2 Å². The van der Waals surface area contributed by atoms with E-state index in [0.717, 1.165) is 31.2 Å². The Hall–Kier alpha value is -1.45. The van der Waals surface area contributed by atoms with Crippen LogP contribution in [0.5, 0.6) is 0 Å². The Kier molecular flexibility index (Phi) is 3.76. The van der Waals surface area contributed by atoms with E-state index in [2.05, 4.69) is 29.2 Å². The molecule has 3 heteroatoms. The van der Waals surface area contributed by atoms with Crippen molar-refractivity contribution in [1.29, 1.82) is 0 Å². The standard InChI is InChI=1S/C16H20N2O/c17-14-6-8-15(9-7-14)19-11-13-4-1-3-12-5-2-10-18-16(12)13/h1-5,10,14-15H,6-9,11,17H2. The molecule has 2 aromatic rings. The Balaban J connectivity index is 1.68. The van der Waals surface area contributed by atoms with Gasteiger partial charge in [-0.15, -0.1) is 0 Å². The van der Waals surface area contributed by atoms with Gasteiger partial charge in [-0.25, -0.2) is 0 Å². The van der Waals surface area contributed by atoms with Crippen molar-refractivity contribution in [2.45, 2.75) is 44.4 Å². The van der Waals surface area contributed by atoms with Crippen molar-refractivity contribution in [2.75, 3.05) is 0 Å². The van der Waals surface area contributed by atoms with E-state index in [1.165, 1.54) is 10.9 Å². The van der Waals surface area contributed by atoms with Crippen LogP contribution >= 0.6 is 0 Å². The summed E-state index contributed by atoms with van der Waals surface area (Å²) < 4.78 is 6.03. The number of benzene rings is 1. The Labute approximate surface area is 113 Å². The smallest absolute Gasteiger partial charge is 0.0757 e. The van der Waals surface area contributed by atoms with E-state index in [1.807, 2.05) is 12.3 Å². The van der Waals surface area contributed by atoms with Crippen molar-refractivity contribution in [1.82, 2.24) is 4.98 Å². The molecule has 100 valence electrons. The number of fused-ring (bicyclic) bond motifs is 1. The minimum atomic E-state index is 0.360. The molecule has 0 saturated heterocycles. The number of nitrogens with zero attached hydrogens (tertiary/aromatic N) is 1. The maximum Gasteiger partial charge on any atom is 0.0757 e. The van der Waals surface area contributed by atoms with E-state index in [4.69, 9.17) is 10.5 Å². The zero-order chi connectivity index (χ0) is 13.1. The Morgan fingerprint density at radius 2 is 1.89 bits per heavy atom. The molecule has 0 radical (unpaired) electrons. The third-order valence-corrected chi connectivity index (χ3v) is 3.91. The molecule has 2 N–H and O–H groups in total. The zero-order valence-corrected chi connectivity index (χ0v) is 11.1. The first-order valence-electron chi connectivity index (χ1n) is 7.03. The van der Waals surface area contributed by atoms with Crippen LogP contribution in [-0.4, -0.2) is 17.1 Å². The number of nitrogens with two attached hydrogens (primary N) is 1. The van der Waals surface area contributed by atoms with Gasteiger partial charge in [0.15, 0.2) is 0 Å². The molecule has 1 saturated carbocycles. The van der Waals surface area contributed by atoms with E-state index in [-0.39, 0.29) is 0 Å². The summed E-state index contributed by atoms with van der Waals surface area (Å²) in [6.07, 6.45) is 6.53. The fourth-order valence-electron chi connectivity index (χ4n) is 2.75. The molecule has 3 rings (SSSR count). The topological polar surface area (TPSA) is 48.1 Å². The van der Waals surface area contributed by atoms with Gasteiger partial charge in [0, 0.05) is 23.2 Å². The van der Waals surface area contributed by atoms with Gasteiger partial charge >= 0.3 is 0 Å². The highest BCUT2D eigenvalue weighted by Crippen LogP contribution is 2.23. The predicted molar refractivity (Wildman–Crippen MR) is 76.8 cm³/mol. The third kappa shape index (κ3) is 2.94. The van der Waals surface area contributed by atoms with Gasteiger partial charge in [-0.3, -0.25) is 4.98 Å². The number of hydrogen-bond donors (Lipinski definition) is 1. The number of rotatable bonds is 3. The summed E-state index contributed by atoms with van der Waals surface area (Å²) in [6, 6.07) is 10.7. The summed E-state index contributed by atoms with van der Waals surface area (Å²) in [6.45, 7) is 0.647. The average molecular weight is 256 g/mol. The van der Waals surface area contributed by atoms with Crippen molar-refractivity contribution < 1.29 is 4.74 Å². The SMILES string of the molecule is NC1CCC(OCc2cccc3cccnc23)CC1. The molecule has 19 heavy (non-hydrogen) atoms. The van der Waals surface area contributed by atoms with Crippen molar-refractivity contribution in [2.24, 2.45) is 5.73 Å². The fraction of sp³-hybridized carbons (Fsp3) is 0.438. The van der Waals surface area contributed by atoms with Crippen LogP contribution in [0.3, 0.4) is 0 Å². The van der Waals surface area contributed by atoms with Crippen LogP contribution in [0, 0.1) is 0 Å². The summed E-state index contributed by atoms with van der Waals surface area (Å²) in [7, 11) is 0. The van der Waals surface area contributed by atoms with E-state index < -0.39 is 0 Å². The Morgan fingerprint density at radius 1 is 1.11 bits per heavy atom. The first-order valence-corrected chi connectivity index (χ1v) is 7.03. The number of pyridine rings is 1. The van der Waals surface area contributed by atoms with Crippen LogP contribution in [0.2, 0.25) is 0 Å². The summed E-state index contributed by atoms with van der Waals surface area (Å²) in [5.74, 6) is 0. The van der Waals surface area contributed by atoms with Crippen LogP contribution < -0.4 is 5.73 Å². The lowest BCUT2D eigenvalue weighted by molar-refractivity contribution is 0.0143. The number of para-hydroxylation sites is 1. The van der Waals surface area contributed by atoms with Gasteiger partial charge in [-0.05, 0) is 31.7 Å². The van der Waals surface area contributed by atoms with Gasteiger partial charge in [-0.1, -0.05) is 24.3 Å². The molecule has 0 unspecified atom stereocenters. The number of hydrogen-bond acceptors (Lipinski definition) is 3. The predicted octanol–water partition coefficient (Wildman–Crippen LogP) is 3.02. The summed E-state index contributed by atoms with van der Waals surface area (Å²) >= 11 is 0. The van der Waals surface area contributed by atoms with Crippen LogP contribution in [0.25, 0.3) is 10.9 Å². The molecule has 0 aliphatic heterocycles. The van der Waals surface area contributed by atoms with Gasteiger partial charge in [0.2, 0.25) is 0 Å². The quantitative estimate of drug-likeness (QED) is 0.918. The molecule has 1 aliphatic rings. The largest absolute Gasteiger partial charge is 0.373 e. The Bertz CT molecular complexity index is 542. The average Bonchev–Trinajstić information content (AvgIpc) is 2.47. The highest BCUT2D eigenvalue weighted by Gasteiger charge is 2.19. The molecule has 0 amide bonds. The molecule has 3 nitrogen and oxygen atoms in total. The number of aromatic nitrogens is 1. The van der Waals surface area contributed by atoms with Crippen molar-refractivity contribution in [3.05, 3.63) is 42.1 Å². The second-order valence-corrected chi connectivity index (χ2v) is 5.34. The Morgan fingerprint density at radius 3 is 2.74 bits per heavy atom. The molecule has 0 atom stereocenters. The normalized spacial score (nSPS) is 23.6. The van der Waals surface area contributed by atoms with Gasteiger partial charge < -0.3 is 10.5 Å². The molecule has 1 heterocycles. The molecule has 1 aromatic carbocycles. The fourth-order valence-corrected chi connectivity index (χ4v) is 2.75. The van der Waals surface area contributed by atoms with Crippen molar-refractivity contribution in [3.8, 4) is 0 Å². The summed E-state index contributed by atoms with van der Waals surface area (Å²) in [5, 5.41) is 1.18. The van der Waals surface area contributed by atoms with E-state index in [1.54, 1.807) is 0 Å². The van der Waals surface area contributed by atoms with Gasteiger partial charge in [0.25, 0.3) is 0 Å². The van der Waals surface area contributed by atoms with Gasteiger partial charge in [-0.2, -0.15) is 0 Å². The molecule has 1 fully saturated rings. The van der Waals surface area contributed by atoms with Crippen LogP contribution in [-0.2, 0) is 11.3 Å². The summed E-state index contributed by atoms with van der Waals surface area (Å²) in [4.78, 5) is 4.46. The lowest BCUT2D eigenvalue weighted by atomic mass is 9.94. The highest BCUT2D eigenvalue weighted by atomic mass is 16.5. The molecule has 0 bridgehead atoms. The lowest BCUT2D eigenvalue weighted by Gasteiger charge is -2.26. The van der Waals surface area contributed by atoms with Crippen molar-refractivity contribution >= 4 is 10.9 Å². The van der Waals surface area contributed by atoms with Crippen LogP contribution in [0.15, 0.2) is 36.5 Å². The minimum absolute atomic E-state index is 0.360. The first kappa shape index (κ1) is 12.6. The van der Waals surface area contributed by atoms with E-state index in [9.17, 15) is 0 Å². The monoisotopic (exact) mass is 256 g/mol. The first-order chi connectivity index (χ1) is 9.33. The minimum Gasteiger partial charge on any atom is -0.373 e. The molecule has 1 aromatic heterocycles. The van der Waals surface area contributed by atoms with Crippen LogP contribution in [0.4, 0.5) is 0 Å². The highest BCUT2D eigenvalue weighted by molar-refractivity contribution is 5.81. The lowest BCUT2D eigenvalue weighted by Crippen LogP contribution is -2.30. The molecular formula is C16H20N2O. The zero-order valence-electron chi connectivity index (χ0n) is 11.1. The second kappa shape index (κ2) is 5.68. The van der Waals surface area contributed by atoms with E-state index >= 15 is 0 Å². The van der Waals surface area contributed by atoms with Crippen molar-refractivity contribution in [3.63, 3.8) is 0 Å². The molecular weight excluding hydrogens is 236 g/mol. The van der Waals surface area contributed by atoms with Crippen LogP contribution in [0.1, 0.15) is 31.2 Å². The maximum absolute atomic E-state index is 6.03. The molecule has 1 aliphatic carbocycles. The second-order valence-electron chi connectivity index (χ2n) is 5.34. The van der Waals surface area contributed by atoms with Gasteiger partial charge in [0.1, 0.15) is 0 Å². The third-order valence-electron chi connectivity index (χ3n) is 3.91.